The molecule has 0 saturated heterocycles. The van der Waals surface area contributed by atoms with Gasteiger partial charge in [0.1, 0.15) is 5.75 Å². The number of benzene rings is 1. The summed E-state index contributed by atoms with van der Waals surface area (Å²) in [6, 6.07) is 5.22. The van der Waals surface area contributed by atoms with E-state index in [1.807, 2.05) is 20.9 Å². The molecule has 0 aliphatic heterocycles. The zero-order chi connectivity index (χ0) is 15.8. The van der Waals surface area contributed by atoms with Crippen LogP contribution in [-0.2, 0) is 14.3 Å². The van der Waals surface area contributed by atoms with Crippen LogP contribution in [-0.4, -0.2) is 39.2 Å². The Morgan fingerprint density at radius 3 is 2.62 bits per heavy atom. The van der Waals surface area contributed by atoms with Gasteiger partial charge in [-0.05, 0) is 37.7 Å². The maximum absolute atomic E-state index is 11.9. The summed E-state index contributed by atoms with van der Waals surface area (Å²) in [7, 11) is 3.12. The lowest BCUT2D eigenvalue weighted by Gasteiger charge is -2.14. The number of hydrogen-bond donors (Lipinski definition) is 2. The van der Waals surface area contributed by atoms with Crippen LogP contribution in [0, 0.1) is 12.8 Å². The molecule has 0 aliphatic rings. The van der Waals surface area contributed by atoms with Gasteiger partial charge in [0, 0.05) is 18.2 Å². The van der Waals surface area contributed by atoms with Crippen LogP contribution in [0.25, 0.3) is 0 Å². The quantitative estimate of drug-likeness (QED) is 0.742. The Morgan fingerprint density at radius 2 is 2.05 bits per heavy atom. The molecule has 0 aliphatic carbocycles. The number of amides is 1. The molecule has 0 fully saturated rings. The predicted octanol–water partition coefficient (Wildman–Crippen LogP) is 1.34. The molecule has 21 heavy (non-hydrogen) atoms. The predicted molar refractivity (Wildman–Crippen MR) is 80.4 cm³/mol. The third-order valence-electron chi connectivity index (χ3n) is 3.00. The topological polar surface area (TPSA) is 76.7 Å². The largest absolute Gasteiger partial charge is 0.482 e. The Morgan fingerprint density at radius 1 is 1.33 bits per heavy atom. The van der Waals surface area contributed by atoms with Gasteiger partial charge in [0.2, 0.25) is 5.91 Å². The molecule has 2 N–H and O–H groups in total. The van der Waals surface area contributed by atoms with Crippen molar-refractivity contribution in [3.05, 3.63) is 23.8 Å². The lowest BCUT2D eigenvalue weighted by Crippen LogP contribution is -2.28. The highest BCUT2D eigenvalue weighted by Gasteiger charge is 2.13. The van der Waals surface area contributed by atoms with Gasteiger partial charge in [-0.1, -0.05) is 6.92 Å². The van der Waals surface area contributed by atoms with Crippen LogP contribution in [0.15, 0.2) is 18.2 Å². The lowest BCUT2D eigenvalue weighted by molar-refractivity contribution is -0.142. The molecule has 0 radical (unpaired) electrons. The average Bonchev–Trinajstić information content (AvgIpc) is 2.47. The van der Waals surface area contributed by atoms with E-state index in [1.165, 1.54) is 7.11 Å². The number of methoxy groups -OCH3 is 1. The Hall–Kier alpha value is -2.08. The fourth-order valence-corrected chi connectivity index (χ4v) is 1.72. The number of ether oxygens (including phenoxy) is 2. The second-order valence-corrected chi connectivity index (χ2v) is 4.79. The fraction of sp³-hybridized carbons (Fsp3) is 0.467. The molecule has 0 saturated carbocycles. The standard InChI is InChI=1S/C15H22N2O4/c1-10-7-12(21-9-14(18)20-4)5-6-13(10)17-15(19)11(2)8-16-3/h5-7,11,16H,8-9H2,1-4H3,(H,17,19). The minimum absolute atomic E-state index is 0.0457. The highest BCUT2D eigenvalue weighted by atomic mass is 16.6. The molecule has 1 amide bonds. The highest BCUT2D eigenvalue weighted by molar-refractivity contribution is 5.93. The zero-order valence-corrected chi connectivity index (χ0v) is 12.9. The third kappa shape index (κ3) is 5.43. The van der Waals surface area contributed by atoms with Crippen molar-refractivity contribution in [2.24, 2.45) is 5.92 Å². The van der Waals surface area contributed by atoms with Crippen LogP contribution < -0.4 is 15.4 Å². The summed E-state index contributed by atoms with van der Waals surface area (Å²) in [6.45, 7) is 4.20. The number of esters is 1. The van der Waals surface area contributed by atoms with Gasteiger partial charge < -0.3 is 20.1 Å². The summed E-state index contributed by atoms with van der Waals surface area (Å²) in [6.07, 6.45) is 0. The van der Waals surface area contributed by atoms with Crippen molar-refractivity contribution in [1.82, 2.24) is 5.32 Å². The van der Waals surface area contributed by atoms with Crippen molar-refractivity contribution < 1.29 is 19.1 Å². The first-order chi connectivity index (χ1) is 9.97. The summed E-state index contributed by atoms with van der Waals surface area (Å²) in [4.78, 5) is 23.0. The van der Waals surface area contributed by atoms with Gasteiger partial charge >= 0.3 is 5.97 Å². The second kappa shape index (κ2) is 8.26. The number of anilines is 1. The van der Waals surface area contributed by atoms with E-state index < -0.39 is 5.97 Å². The molecule has 0 heterocycles. The maximum Gasteiger partial charge on any atom is 0.343 e. The van der Waals surface area contributed by atoms with E-state index in [2.05, 4.69) is 15.4 Å². The third-order valence-corrected chi connectivity index (χ3v) is 3.00. The lowest BCUT2D eigenvalue weighted by atomic mass is 10.1. The van der Waals surface area contributed by atoms with Crippen molar-refractivity contribution >= 4 is 17.6 Å². The number of aryl methyl sites for hydroxylation is 1. The molecule has 0 aromatic heterocycles. The van der Waals surface area contributed by atoms with Gasteiger partial charge in [-0.25, -0.2) is 4.79 Å². The molecule has 1 rings (SSSR count). The molecule has 116 valence electrons. The van der Waals surface area contributed by atoms with Crippen LogP contribution in [0.4, 0.5) is 5.69 Å². The van der Waals surface area contributed by atoms with E-state index in [9.17, 15) is 9.59 Å². The summed E-state index contributed by atoms with van der Waals surface area (Å²) in [5.41, 5.74) is 1.59. The average molecular weight is 294 g/mol. The van der Waals surface area contributed by atoms with Crippen LogP contribution in [0.5, 0.6) is 5.75 Å². The molecule has 0 spiro atoms. The number of nitrogens with one attached hydrogen (secondary N) is 2. The minimum Gasteiger partial charge on any atom is -0.482 e. The van der Waals surface area contributed by atoms with E-state index in [-0.39, 0.29) is 18.4 Å². The van der Waals surface area contributed by atoms with Gasteiger partial charge in [-0.3, -0.25) is 4.79 Å². The molecular weight excluding hydrogens is 272 g/mol. The normalized spacial score (nSPS) is 11.6. The first kappa shape index (κ1) is 17.0. The summed E-state index contributed by atoms with van der Waals surface area (Å²) >= 11 is 0. The summed E-state index contributed by atoms with van der Waals surface area (Å²) < 4.78 is 9.79. The van der Waals surface area contributed by atoms with E-state index >= 15 is 0 Å². The van der Waals surface area contributed by atoms with E-state index in [0.717, 1.165) is 11.3 Å². The van der Waals surface area contributed by atoms with Crippen molar-refractivity contribution in [2.75, 3.05) is 32.6 Å². The van der Waals surface area contributed by atoms with Gasteiger partial charge in [-0.2, -0.15) is 0 Å². The summed E-state index contributed by atoms with van der Waals surface area (Å²) in [5, 5.41) is 5.84. The van der Waals surface area contributed by atoms with Crippen molar-refractivity contribution in [1.29, 1.82) is 0 Å². The molecule has 1 aromatic rings. The van der Waals surface area contributed by atoms with Crippen molar-refractivity contribution in [2.45, 2.75) is 13.8 Å². The van der Waals surface area contributed by atoms with Gasteiger partial charge in [0.05, 0.1) is 7.11 Å². The Labute approximate surface area is 124 Å². The maximum atomic E-state index is 11.9. The van der Waals surface area contributed by atoms with Gasteiger partial charge in [0.15, 0.2) is 6.61 Å². The summed E-state index contributed by atoms with van der Waals surface area (Å²) in [5.74, 6) is -0.0505. The number of rotatable bonds is 7. The molecular formula is C15H22N2O4. The first-order valence-electron chi connectivity index (χ1n) is 6.73. The number of carbonyl (C=O) groups is 2. The molecule has 0 bridgehead atoms. The van der Waals surface area contributed by atoms with Gasteiger partial charge in [-0.15, -0.1) is 0 Å². The van der Waals surface area contributed by atoms with E-state index in [0.29, 0.717) is 12.3 Å². The SMILES string of the molecule is CNCC(C)C(=O)Nc1ccc(OCC(=O)OC)cc1C. The molecule has 6 nitrogen and oxygen atoms in total. The first-order valence-corrected chi connectivity index (χ1v) is 6.73. The van der Waals surface area contributed by atoms with E-state index in [1.54, 1.807) is 18.2 Å². The second-order valence-electron chi connectivity index (χ2n) is 4.79. The smallest absolute Gasteiger partial charge is 0.343 e. The molecule has 6 heteroatoms. The Bertz CT molecular complexity index is 502. The van der Waals surface area contributed by atoms with Gasteiger partial charge in [0.25, 0.3) is 0 Å². The van der Waals surface area contributed by atoms with Crippen LogP contribution in [0.1, 0.15) is 12.5 Å². The monoisotopic (exact) mass is 294 g/mol. The minimum atomic E-state index is -0.439. The van der Waals surface area contributed by atoms with E-state index in [4.69, 9.17) is 4.74 Å². The van der Waals surface area contributed by atoms with Crippen LogP contribution >= 0.6 is 0 Å². The Balaban J connectivity index is 2.65. The zero-order valence-electron chi connectivity index (χ0n) is 12.9. The number of hydrogen-bond acceptors (Lipinski definition) is 5. The van der Waals surface area contributed by atoms with Crippen molar-refractivity contribution in [3.8, 4) is 5.75 Å². The van der Waals surface area contributed by atoms with Crippen molar-refractivity contribution in [3.63, 3.8) is 0 Å². The van der Waals surface area contributed by atoms with Crippen LogP contribution in [0.3, 0.4) is 0 Å². The molecule has 1 aromatic carbocycles. The molecule has 1 atom stereocenters. The highest BCUT2D eigenvalue weighted by Crippen LogP contribution is 2.21. The molecule has 1 unspecified atom stereocenters. The Kier molecular flexibility index (Phi) is 6.68. The van der Waals surface area contributed by atoms with Crippen LogP contribution in [0.2, 0.25) is 0 Å². The number of carbonyl (C=O) groups excluding carboxylic acids is 2. The fourth-order valence-electron chi connectivity index (χ4n) is 1.72.